The van der Waals surface area contributed by atoms with Crippen LogP contribution in [-0.4, -0.2) is 22.5 Å². The maximum atomic E-state index is 13.4. The second-order valence-electron chi connectivity index (χ2n) is 8.45. The van der Waals surface area contributed by atoms with Crippen molar-refractivity contribution in [1.82, 2.24) is 9.66 Å². The molecule has 0 unspecified atom stereocenters. The van der Waals surface area contributed by atoms with E-state index in [-0.39, 0.29) is 18.1 Å². The Morgan fingerprint density at radius 1 is 1.11 bits per heavy atom. The second kappa shape index (κ2) is 12.2. The molecule has 9 heteroatoms. The van der Waals surface area contributed by atoms with E-state index in [0.717, 1.165) is 22.0 Å². The van der Waals surface area contributed by atoms with Crippen LogP contribution in [0.25, 0.3) is 10.9 Å². The molecule has 0 bridgehead atoms. The van der Waals surface area contributed by atoms with Gasteiger partial charge in [0.15, 0.2) is 11.5 Å². The van der Waals surface area contributed by atoms with Crippen LogP contribution in [0.5, 0.6) is 11.5 Å². The Morgan fingerprint density at radius 3 is 2.62 bits per heavy atom. The summed E-state index contributed by atoms with van der Waals surface area (Å²) in [5.41, 5.74) is 2.03. The van der Waals surface area contributed by atoms with Gasteiger partial charge < -0.3 is 9.47 Å². The number of fused-ring (bicyclic) bond motifs is 1. The minimum atomic E-state index is -0.221. The van der Waals surface area contributed by atoms with Gasteiger partial charge in [0, 0.05) is 21.0 Å². The maximum absolute atomic E-state index is 13.4. The third-order valence-electron chi connectivity index (χ3n) is 5.87. The van der Waals surface area contributed by atoms with Crippen LogP contribution in [0.3, 0.4) is 0 Å². The molecule has 4 aromatic rings. The molecule has 0 spiro atoms. The number of hydrogen-bond acceptors (Lipinski definition) is 5. The van der Waals surface area contributed by atoms with Crippen LogP contribution in [0, 0.1) is 0 Å². The van der Waals surface area contributed by atoms with Crippen LogP contribution < -0.4 is 15.0 Å². The van der Waals surface area contributed by atoms with Crippen molar-refractivity contribution in [3.8, 4) is 11.5 Å². The minimum absolute atomic E-state index is 0.0456. The zero-order valence-electron chi connectivity index (χ0n) is 20.7. The van der Waals surface area contributed by atoms with Crippen molar-refractivity contribution in [2.45, 2.75) is 39.7 Å². The van der Waals surface area contributed by atoms with E-state index in [9.17, 15) is 4.79 Å². The molecule has 0 radical (unpaired) electrons. The molecule has 0 N–H and O–H groups in total. The van der Waals surface area contributed by atoms with Gasteiger partial charge in [0.05, 0.1) is 28.2 Å². The van der Waals surface area contributed by atoms with Crippen molar-refractivity contribution in [1.29, 1.82) is 0 Å². The maximum Gasteiger partial charge on any atom is 0.282 e. The Kier molecular flexibility index (Phi) is 9.05. The molecular formula is C28H26Br2ClN3O3. The molecule has 0 aliphatic heterocycles. The molecule has 1 atom stereocenters. The number of ether oxygens (including phenoxy) is 2. The minimum Gasteiger partial charge on any atom is -0.490 e. The Labute approximate surface area is 237 Å². The third-order valence-corrected chi connectivity index (χ3v) is 7.32. The van der Waals surface area contributed by atoms with E-state index in [1.807, 2.05) is 62.4 Å². The van der Waals surface area contributed by atoms with Crippen LogP contribution in [-0.2, 0) is 6.61 Å². The summed E-state index contributed by atoms with van der Waals surface area (Å²) >= 11 is 13.3. The zero-order chi connectivity index (χ0) is 26.5. The molecule has 1 aromatic heterocycles. The number of rotatable bonds is 9. The van der Waals surface area contributed by atoms with Crippen LogP contribution in [0.4, 0.5) is 0 Å². The van der Waals surface area contributed by atoms with Crippen molar-refractivity contribution in [2.24, 2.45) is 5.10 Å². The number of benzene rings is 3. The molecule has 0 amide bonds. The fraction of sp³-hybridized carbons (Fsp3) is 0.250. The molecule has 6 nitrogen and oxygen atoms in total. The van der Waals surface area contributed by atoms with Gasteiger partial charge >= 0.3 is 0 Å². The fourth-order valence-corrected chi connectivity index (χ4v) is 4.86. The molecule has 37 heavy (non-hydrogen) atoms. The summed E-state index contributed by atoms with van der Waals surface area (Å²) in [6, 6.07) is 16.7. The van der Waals surface area contributed by atoms with Crippen molar-refractivity contribution >= 4 is 60.6 Å². The van der Waals surface area contributed by atoms with E-state index in [0.29, 0.717) is 44.3 Å². The van der Waals surface area contributed by atoms with E-state index >= 15 is 0 Å². The van der Waals surface area contributed by atoms with Crippen LogP contribution in [0.15, 0.2) is 73.4 Å². The molecule has 4 rings (SSSR count). The largest absolute Gasteiger partial charge is 0.490 e. The van der Waals surface area contributed by atoms with Gasteiger partial charge in [0.1, 0.15) is 12.4 Å². The lowest BCUT2D eigenvalue weighted by molar-refractivity contribution is 0.267. The smallest absolute Gasteiger partial charge is 0.282 e. The van der Waals surface area contributed by atoms with Crippen LogP contribution >= 0.6 is 43.5 Å². The molecule has 0 saturated carbocycles. The lowest BCUT2D eigenvalue weighted by atomic mass is 10.1. The highest BCUT2D eigenvalue weighted by atomic mass is 79.9. The van der Waals surface area contributed by atoms with Crippen LogP contribution in [0.1, 0.15) is 50.1 Å². The highest BCUT2D eigenvalue weighted by molar-refractivity contribution is 9.10. The molecule has 1 heterocycles. The average Bonchev–Trinajstić information content (AvgIpc) is 2.88. The normalized spacial score (nSPS) is 12.3. The topological polar surface area (TPSA) is 65.7 Å². The van der Waals surface area contributed by atoms with Gasteiger partial charge in [-0.15, -0.1) is 0 Å². The predicted molar refractivity (Wildman–Crippen MR) is 156 cm³/mol. The first-order valence-corrected chi connectivity index (χ1v) is 13.9. The highest BCUT2D eigenvalue weighted by Gasteiger charge is 2.17. The summed E-state index contributed by atoms with van der Waals surface area (Å²) < 4.78 is 14.8. The molecule has 0 aliphatic carbocycles. The summed E-state index contributed by atoms with van der Waals surface area (Å²) in [4.78, 5) is 18.2. The third kappa shape index (κ3) is 6.25. The van der Waals surface area contributed by atoms with Crippen molar-refractivity contribution < 1.29 is 9.47 Å². The first-order chi connectivity index (χ1) is 17.8. The van der Waals surface area contributed by atoms with Gasteiger partial charge in [-0.25, -0.2) is 4.98 Å². The fourth-order valence-electron chi connectivity index (χ4n) is 3.73. The Bertz CT molecular complexity index is 1520. The summed E-state index contributed by atoms with van der Waals surface area (Å²) in [7, 11) is 0. The predicted octanol–water partition coefficient (Wildman–Crippen LogP) is 7.95. The van der Waals surface area contributed by atoms with Crippen molar-refractivity contribution in [2.75, 3.05) is 6.61 Å². The Morgan fingerprint density at radius 2 is 1.89 bits per heavy atom. The molecular weight excluding hydrogens is 622 g/mol. The molecule has 0 fully saturated rings. The second-order valence-corrected chi connectivity index (χ2v) is 10.6. The Balaban J connectivity index is 1.72. The van der Waals surface area contributed by atoms with Gasteiger partial charge in [-0.05, 0) is 71.2 Å². The number of nitrogens with zero attached hydrogens (tertiary/aromatic N) is 3. The molecule has 0 saturated heterocycles. The number of aromatic nitrogens is 2. The zero-order valence-corrected chi connectivity index (χ0v) is 24.6. The lowest BCUT2D eigenvalue weighted by Crippen LogP contribution is -2.23. The van der Waals surface area contributed by atoms with E-state index in [1.165, 1.54) is 4.68 Å². The first-order valence-electron chi connectivity index (χ1n) is 11.9. The van der Waals surface area contributed by atoms with Crippen molar-refractivity contribution in [3.05, 3.63) is 95.9 Å². The van der Waals surface area contributed by atoms with Gasteiger partial charge in [-0.1, -0.05) is 59.6 Å². The average molecular weight is 648 g/mol. The SMILES string of the molecule is CCOc1cc(C=Nn2c([C@H](C)CC)nc3ccc(Br)cc3c2=O)cc(Br)c1OCc1ccccc1Cl. The van der Waals surface area contributed by atoms with Gasteiger partial charge in [-0.2, -0.15) is 9.78 Å². The van der Waals surface area contributed by atoms with E-state index in [2.05, 4.69) is 43.9 Å². The van der Waals surface area contributed by atoms with E-state index < -0.39 is 0 Å². The molecule has 192 valence electrons. The summed E-state index contributed by atoms with van der Waals surface area (Å²) in [6.07, 6.45) is 2.45. The highest BCUT2D eigenvalue weighted by Crippen LogP contribution is 2.37. The first kappa shape index (κ1) is 27.4. The number of halogens is 3. The van der Waals surface area contributed by atoms with Gasteiger partial charge in [0.2, 0.25) is 0 Å². The lowest BCUT2D eigenvalue weighted by Gasteiger charge is -2.16. The quantitative estimate of drug-likeness (QED) is 0.173. The number of hydrogen-bond donors (Lipinski definition) is 0. The Hall–Kier alpha value is -2.68. The summed E-state index contributed by atoms with van der Waals surface area (Å²) in [6.45, 7) is 6.74. The monoisotopic (exact) mass is 645 g/mol. The van der Waals surface area contributed by atoms with E-state index in [1.54, 1.807) is 12.3 Å². The molecule has 0 aliphatic rings. The standard InChI is InChI=1S/C28H26Br2ClN3O3/c1-4-17(3)27-33-24-11-10-20(29)14-21(24)28(35)34(27)32-15-18-12-22(30)26(25(13-18)36-5-2)37-16-19-8-6-7-9-23(19)31/h6-15,17H,4-5,16H2,1-3H3/t17-/m1/s1. The van der Waals surface area contributed by atoms with Gasteiger partial charge in [0.25, 0.3) is 5.56 Å². The van der Waals surface area contributed by atoms with Gasteiger partial charge in [-0.3, -0.25) is 4.79 Å². The summed E-state index contributed by atoms with van der Waals surface area (Å²) in [5, 5.41) is 5.70. The molecule has 3 aromatic carbocycles. The van der Waals surface area contributed by atoms with Crippen LogP contribution in [0.2, 0.25) is 5.02 Å². The van der Waals surface area contributed by atoms with E-state index in [4.69, 9.17) is 26.1 Å². The van der Waals surface area contributed by atoms with Crippen molar-refractivity contribution in [3.63, 3.8) is 0 Å². The summed E-state index contributed by atoms with van der Waals surface area (Å²) in [5.74, 6) is 1.78.